The Hall–Kier alpha value is -2.09. The largest absolute Gasteiger partial charge is 0.347 e. The lowest BCUT2D eigenvalue weighted by molar-refractivity contribution is -0.129. The first kappa shape index (κ1) is 18.7. The summed E-state index contributed by atoms with van der Waals surface area (Å²) in [4.78, 5) is 24.2. The number of hydrogen-bond donors (Lipinski definition) is 3. The van der Waals surface area contributed by atoms with Crippen molar-refractivity contribution in [3.05, 3.63) is 29.6 Å². The third-order valence-corrected chi connectivity index (χ3v) is 5.52. The Kier molecular flexibility index (Phi) is 5.50. The highest BCUT2D eigenvalue weighted by molar-refractivity contribution is 5.94. The average molecular weight is 369 g/mol. The van der Waals surface area contributed by atoms with Crippen molar-refractivity contribution >= 4 is 17.5 Å². The predicted octanol–water partition coefficient (Wildman–Crippen LogP) is 2.31. The average Bonchev–Trinajstić information content (AvgIpc) is 2.60. The third-order valence-electron chi connectivity index (χ3n) is 5.52. The Balaban J connectivity index is 1.52. The molecule has 2 aliphatic carbocycles. The Morgan fingerprint density at radius 2 is 1.73 bits per heavy atom. The summed E-state index contributed by atoms with van der Waals surface area (Å²) in [7, 11) is 0. The van der Waals surface area contributed by atoms with Crippen LogP contribution in [0.3, 0.4) is 0 Å². The summed E-state index contributed by atoms with van der Waals surface area (Å²) in [5.74, 6) is -4.92. The van der Waals surface area contributed by atoms with Gasteiger partial charge in [-0.25, -0.2) is 13.2 Å². The van der Waals surface area contributed by atoms with Crippen molar-refractivity contribution in [3.63, 3.8) is 0 Å². The van der Waals surface area contributed by atoms with E-state index in [1.807, 2.05) is 0 Å². The topological polar surface area (TPSA) is 84.2 Å². The molecule has 0 aliphatic heterocycles. The van der Waals surface area contributed by atoms with Crippen molar-refractivity contribution < 1.29 is 22.8 Å². The molecule has 2 fully saturated rings. The Morgan fingerprint density at radius 1 is 1.08 bits per heavy atom. The maximum atomic E-state index is 13.6. The van der Waals surface area contributed by atoms with E-state index in [0.29, 0.717) is 24.7 Å². The van der Waals surface area contributed by atoms with E-state index in [-0.39, 0.29) is 24.4 Å². The van der Waals surface area contributed by atoms with Gasteiger partial charge < -0.3 is 16.4 Å². The summed E-state index contributed by atoms with van der Waals surface area (Å²) in [6, 6.07) is 1.79. The molecule has 1 aromatic carbocycles. The van der Waals surface area contributed by atoms with E-state index in [1.54, 1.807) is 0 Å². The van der Waals surface area contributed by atoms with E-state index < -0.39 is 29.0 Å². The van der Waals surface area contributed by atoms with Gasteiger partial charge in [-0.1, -0.05) is 6.42 Å². The number of nitrogens with one attached hydrogen (secondary N) is 2. The van der Waals surface area contributed by atoms with Gasteiger partial charge in [0.15, 0.2) is 17.5 Å². The van der Waals surface area contributed by atoms with Gasteiger partial charge in [-0.3, -0.25) is 9.59 Å². The highest BCUT2D eigenvalue weighted by atomic mass is 19.2. The number of amides is 2. The molecule has 4 N–H and O–H groups in total. The first-order valence-corrected chi connectivity index (χ1v) is 8.83. The summed E-state index contributed by atoms with van der Waals surface area (Å²) < 4.78 is 39.6. The van der Waals surface area contributed by atoms with Crippen LogP contribution in [0.2, 0.25) is 0 Å². The van der Waals surface area contributed by atoms with Crippen LogP contribution < -0.4 is 16.4 Å². The third kappa shape index (κ3) is 3.85. The maximum absolute atomic E-state index is 13.6. The fourth-order valence-corrected chi connectivity index (χ4v) is 4.13. The Morgan fingerprint density at radius 3 is 2.38 bits per heavy atom. The van der Waals surface area contributed by atoms with Crippen molar-refractivity contribution in [2.45, 2.75) is 38.1 Å². The van der Waals surface area contributed by atoms with Crippen molar-refractivity contribution in [3.8, 4) is 0 Å². The van der Waals surface area contributed by atoms with Crippen LogP contribution in [0.4, 0.5) is 18.9 Å². The second kappa shape index (κ2) is 7.65. The zero-order valence-electron chi connectivity index (χ0n) is 14.2. The van der Waals surface area contributed by atoms with Crippen LogP contribution >= 0.6 is 0 Å². The highest BCUT2D eigenvalue weighted by Gasteiger charge is 2.40. The number of fused-ring (bicyclic) bond motifs is 2. The summed E-state index contributed by atoms with van der Waals surface area (Å²) >= 11 is 0. The van der Waals surface area contributed by atoms with E-state index in [2.05, 4.69) is 10.6 Å². The number of carbonyl (C=O) groups excluding carboxylic acids is 2. The van der Waals surface area contributed by atoms with Crippen molar-refractivity contribution in [1.29, 1.82) is 0 Å². The van der Waals surface area contributed by atoms with Gasteiger partial charge >= 0.3 is 0 Å². The quantitative estimate of drug-likeness (QED) is 0.712. The molecule has 2 aliphatic rings. The first-order valence-electron chi connectivity index (χ1n) is 8.83. The molecule has 8 heteroatoms. The fourth-order valence-electron chi connectivity index (χ4n) is 4.13. The molecule has 2 bridgehead atoms. The lowest BCUT2D eigenvalue weighted by Crippen LogP contribution is -2.49. The summed E-state index contributed by atoms with van der Waals surface area (Å²) in [5, 5.41) is 4.67. The van der Waals surface area contributed by atoms with Crippen LogP contribution in [0, 0.1) is 35.2 Å². The number of halogens is 3. The van der Waals surface area contributed by atoms with E-state index in [0.717, 1.165) is 31.4 Å². The maximum Gasteiger partial charge on any atom is 0.243 e. The Bertz CT molecular complexity index is 699. The van der Waals surface area contributed by atoms with Gasteiger partial charge in [0.05, 0.1) is 12.2 Å². The molecule has 0 heterocycles. The number of benzene rings is 1. The van der Waals surface area contributed by atoms with Crippen LogP contribution in [-0.4, -0.2) is 24.4 Å². The van der Waals surface area contributed by atoms with Crippen LogP contribution in [0.5, 0.6) is 0 Å². The minimum atomic E-state index is -1.66. The molecule has 26 heavy (non-hydrogen) atoms. The van der Waals surface area contributed by atoms with Gasteiger partial charge in [0, 0.05) is 12.0 Å². The molecular weight excluding hydrogens is 347 g/mol. The van der Waals surface area contributed by atoms with Crippen LogP contribution in [0.25, 0.3) is 0 Å². The molecule has 2 unspecified atom stereocenters. The van der Waals surface area contributed by atoms with Crippen LogP contribution in [-0.2, 0) is 9.59 Å². The van der Waals surface area contributed by atoms with Crippen LogP contribution in [0.1, 0.15) is 32.1 Å². The monoisotopic (exact) mass is 369 g/mol. The van der Waals surface area contributed by atoms with Crippen molar-refractivity contribution in [1.82, 2.24) is 5.32 Å². The van der Waals surface area contributed by atoms with E-state index >= 15 is 0 Å². The molecule has 2 atom stereocenters. The number of hydrogen-bond acceptors (Lipinski definition) is 3. The molecule has 0 radical (unpaired) electrons. The van der Waals surface area contributed by atoms with E-state index in [4.69, 9.17) is 5.73 Å². The van der Waals surface area contributed by atoms with Gasteiger partial charge in [0.2, 0.25) is 11.8 Å². The van der Waals surface area contributed by atoms with Crippen molar-refractivity contribution in [2.24, 2.45) is 23.5 Å². The summed E-state index contributed by atoms with van der Waals surface area (Å²) in [5.41, 5.74) is 5.73. The number of anilines is 1. The number of rotatable bonds is 4. The summed E-state index contributed by atoms with van der Waals surface area (Å²) in [6.07, 6.45) is 4.61. The molecule has 5 nitrogen and oxygen atoms in total. The SMILES string of the molecule is NC1C2CCCC1CC(C(=O)NCC(=O)Nc1ccc(F)c(F)c1F)C2. The Labute approximate surface area is 149 Å². The predicted molar refractivity (Wildman–Crippen MR) is 89.5 cm³/mol. The fraction of sp³-hybridized carbons (Fsp3) is 0.556. The normalized spacial score (nSPS) is 27.7. The van der Waals surface area contributed by atoms with Crippen molar-refractivity contribution in [2.75, 3.05) is 11.9 Å². The molecule has 3 rings (SSSR count). The van der Waals surface area contributed by atoms with Crippen LogP contribution in [0.15, 0.2) is 12.1 Å². The summed E-state index contributed by atoms with van der Waals surface area (Å²) in [6.45, 7) is -0.366. The van der Waals surface area contributed by atoms with E-state index in [9.17, 15) is 22.8 Å². The molecule has 142 valence electrons. The molecular formula is C18H22F3N3O2. The minimum Gasteiger partial charge on any atom is -0.347 e. The number of carbonyl (C=O) groups is 2. The molecule has 2 amide bonds. The molecule has 0 aromatic heterocycles. The standard InChI is InChI=1S/C18H22F3N3O2/c19-12-4-5-13(16(21)15(12)20)24-14(25)8-23-18(26)11-6-9-2-1-3-10(7-11)17(9)22/h4-5,9-11,17H,1-3,6-8,22H2,(H,23,26)(H,24,25). The van der Waals surface area contributed by atoms with Gasteiger partial charge in [-0.2, -0.15) is 0 Å². The molecule has 0 saturated heterocycles. The molecule has 2 saturated carbocycles. The van der Waals surface area contributed by atoms with Gasteiger partial charge in [0.25, 0.3) is 0 Å². The smallest absolute Gasteiger partial charge is 0.243 e. The second-order valence-electron chi connectivity index (χ2n) is 7.19. The minimum absolute atomic E-state index is 0.146. The van der Waals surface area contributed by atoms with E-state index in [1.165, 1.54) is 0 Å². The molecule has 1 aromatic rings. The zero-order valence-corrected chi connectivity index (χ0v) is 14.2. The van der Waals surface area contributed by atoms with Gasteiger partial charge in [-0.05, 0) is 49.7 Å². The second-order valence-corrected chi connectivity index (χ2v) is 7.19. The number of nitrogens with two attached hydrogens (primary N) is 1. The first-order chi connectivity index (χ1) is 12.4. The molecule has 0 spiro atoms. The van der Waals surface area contributed by atoms with Gasteiger partial charge in [0.1, 0.15) is 0 Å². The highest BCUT2D eigenvalue weighted by Crippen LogP contribution is 2.41. The zero-order chi connectivity index (χ0) is 18.8. The lowest BCUT2D eigenvalue weighted by Gasteiger charge is -2.43. The van der Waals surface area contributed by atoms with Gasteiger partial charge in [-0.15, -0.1) is 0 Å². The lowest BCUT2D eigenvalue weighted by atomic mass is 9.65.